The zero-order chi connectivity index (χ0) is 14.0. The Balaban J connectivity index is 2.10. The number of halogens is 3. The number of nitrogens with one attached hydrogen (secondary N) is 1. The van der Waals surface area contributed by atoms with Crippen molar-refractivity contribution in [2.75, 3.05) is 18.9 Å². The van der Waals surface area contributed by atoms with Gasteiger partial charge in [-0.1, -0.05) is 0 Å². The van der Waals surface area contributed by atoms with Crippen LogP contribution in [-0.4, -0.2) is 40.7 Å². The Morgan fingerprint density at radius 1 is 1.37 bits per heavy atom. The summed E-state index contributed by atoms with van der Waals surface area (Å²) in [4.78, 5) is 9.81. The fourth-order valence-corrected chi connectivity index (χ4v) is 1.99. The fourth-order valence-electron chi connectivity index (χ4n) is 1.99. The summed E-state index contributed by atoms with van der Waals surface area (Å²) in [5.41, 5.74) is 0.747. The Hall–Kier alpha value is -1.37. The third kappa shape index (κ3) is 4.34. The summed E-state index contributed by atoms with van der Waals surface area (Å²) in [6.45, 7) is 1.04. The number of hydrogen-bond donors (Lipinski definition) is 1. The molecule has 1 aliphatic rings. The normalized spacial score (nSPS) is 15.9. The third-order valence-corrected chi connectivity index (χ3v) is 2.95. The molecule has 0 unspecified atom stereocenters. The second-order valence-corrected chi connectivity index (χ2v) is 4.81. The van der Waals surface area contributed by atoms with Crippen LogP contribution in [0.25, 0.3) is 0 Å². The predicted octanol–water partition coefficient (Wildman–Crippen LogP) is 2.35. The molecule has 1 saturated carbocycles. The average molecular weight is 274 g/mol. The van der Waals surface area contributed by atoms with Crippen LogP contribution in [0.2, 0.25) is 0 Å². The van der Waals surface area contributed by atoms with Gasteiger partial charge in [0.1, 0.15) is 11.6 Å². The molecule has 106 valence electrons. The van der Waals surface area contributed by atoms with Gasteiger partial charge in [0.2, 0.25) is 0 Å². The molecule has 0 spiro atoms. The van der Waals surface area contributed by atoms with Gasteiger partial charge in [0.15, 0.2) is 0 Å². The summed E-state index contributed by atoms with van der Waals surface area (Å²) in [5, 5.41) is 2.88. The van der Waals surface area contributed by atoms with Crippen LogP contribution in [-0.2, 0) is 6.54 Å². The van der Waals surface area contributed by atoms with Crippen LogP contribution in [0, 0.1) is 6.92 Å². The first-order valence-corrected chi connectivity index (χ1v) is 6.20. The van der Waals surface area contributed by atoms with Crippen molar-refractivity contribution >= 4 is 5.82 Å². The maximum Gasteiger partial charge on any atom is 0.401 e. The molecule has 2 rings (SSSR count). The Labute approximate surface area is 110 Å². The van der Waals surface area contributed by atoms with E-state index in [1.807, 2.05) is 0 Å². The van der Waals surface area contributed by atoms with Crippen molar-refractivity contribution < 1.29 is 13.2 Å². The zero-order valence-electron chi connectivity index (χ0n) is 11.0. The van der Waals surface area contributed by atoms with E-state index in [9.17, 15) is 13.2 Å². The molecule has 1 N–H and O–H groups in total. The first-order chi connectivity index (χ1) is 8.87. The zero-order valence-corrected chi connectivity index (χ0v) is 11.0. The lowest BCUT2D eigenvalue weighted by Gasteiger charge is -2.22. The number of aromatic nitrogens is 2. The Morgan fingerprint density at radius 3 is 2.58 bits per heavy atom. The second-order valence-electron chi connectivity index (χ2n) is 4.81. The van der Waals surface area contributed by atoms with E-state index in [1.165, 1.54) is 4.90 Å². The Morgan fingerprint density at radius 2 is 2.05 bits per heavy atom. The fraction of sp³-hybridized carbons (Fsp3) is 0.667. The highest BCUT2D eigenvalue weighted by Gasteiger charge is 2.38. The van der Waals surface area contributed by atoms with E-state index in [2.05, 4.69) is 15.3 Å². The Kier molecular flexibility index (Phi) is 3.93. The highest BCUT2D eigenvalue weighted by molar-refractivity contribution is 5.34. The quantitative estimate of drug-likeness (QED) is 0.895. The second kappa shape index (κ2) is 5.32. The molecule has 0 radical (unpaired) electrons. The molecular formula is C12H17F3N4. The van der Waals surface area contributed by atoms with E-state index < -0.39 is 12.7 Å². The largest absolute Gasteiger partial charge is 0.401 e. The smallest absolute Gasteiger partial charge is 0.373 e. The third-order valence-electron chi connectivity index (χ3n) is 2.95. The van der Waals surface area contributed by atoms with Gasteiger partial charge in [-0.25, -0.2) is 9.97 Å². The van der Waals surface area contributed by atoms with Crippen LogP contribution >= 0.6 is 0 Å². The highest BCUT2D eigenvalue weighted by atomic mass is 19.4. The minimum atomic E-state index is -4.18. The summed E-state index contributed by atoms with van der Waals surface area (Å²) in [6, 6.07) is 1.78. The van der Waals surface area contributed by atoms with Crippen molar-refractivity contribution in [1.82, 2.24) is 14.9 Å². The molecule has 4 nitrogen and oxygen atoms in total. The van der Waals surface area contributed by atoms with Crippen molar-refractivity contribution in [2.24, 2.45) is 0 Å². The summed E-state index contributed by atoms with van der Waals surface area (Å²) < 4.78 is 37.6. The van der Waals surface area contributed by atoms with E-state index in [0.717, 1.165) is 18.5 Å². The van der Waals surface area contributed by atoms with E-state index in [1.54, 1.807) is 20.0 Å². The van der Waals surface area contributed by atoms with Crippen LogP contribution in [0.5, 0.6) is 0 Å². The molecule has 1 aromatic heterocycles. The minimum absolute atomic E-state index is 0.0174. The van der Waals surface area contributed by atoms with Gasteiger partial charge < -0.3 is 5.32 Å². The lowest BCUT2D eigenvalue weighted by molar-refractivity contribution is -0.148. The highest BCUT2D eigenvalue weighted by Crippen LogP contribution is 2.31. The SMILES string of the molecule is CNc1cc(C)nc(CN(CC(F)(F)F)C2CC2)n1. The van der Waals surface area contributed by atoms with Gasteiger partial charge in [0.25, 0.3) is 0 Å². The summed E-state index contributed by atoms with van der Waals surface area (Å²) >= 11 is 0. The van der Waals surface area contributed by atoms with Gasteiger partial charge in [-0.2, -0.15) is 13.2 Å². The van der Waals surface area contributed by atoms with Crippen molar-refractivity contribution in [3.05, 3.63) is 17.6 Å². The molecule has 0 atom stereocenters. The van der Waals surface area contributed by atoms with Gasteiger partial charge in [0, 0.05) is 24.8 Å². The topological polar surface area (TPSA) is 41.1 Å². The number of rotatable bonds is 5. The molecule has 1 heterocycles. The van der Waals surface area contributed by atoms with E-state index in [0.29, 0.717) is 11.6 Å². The molecule has 7 heteroatoms. The van der Waals surface area contributed by atoms with Crippen LogP contribution in [0.3, 0.4) is 0 Å². The van der Waals surface area contributed by atoms with Gasteiger partial charge in [-0.3, -0.25) is 4.90 Å². The summed E-state index contributed by atoms with van der Waals surface area (Å²) in [6.07, 6.45) is -2.54. The summed E-state index contributed by atoms with van der Waals surface area (Å²) in [5.74, 6) is 1.06. The van der Waals surface area contributed by atoms with Crippen LogP contribution < -0.4 is 5.32 Å². The van der Waals surface area contributed by atoms with Gasteiger partial charge in [0.05, 0.1) is 13.1 Å². The first kappa shape index (κ1) is 14.0. The minimum Gasteiger partial charge on any atom is -0.373 e. The molecule has 1 aliphatic carbocycles. The standard InChI is InChI=1S/C12H17F3N4/c1-8-5-10(16-2)18-11(17-8)6-19(9-3-4-9)7-12(13,14)15/h5,9H,3-4,6-7H2,1-2H3,(H,16,17,18). The van der Waals surface area contributed by atoms with E-state index >= 15 is 0 Å². The summed E-state index contributed by atoms with van der Waals surface area (Å²) in [7, 11) is 1.72. The lowest BCUT2D eigenvalue weighted by Crippen LogP contribution is -2.36. The molecule has 0 aromatic carbocycles. The number of anilines is 1. The van der Waals surface area contributed by atoms with Crippen LogP contribution in [0.1, 0.15) is 24.4 Å². The number of nitrogens with zero attached hydrogens (tertiary/aromatic N) is 3. The molecule has 1 aromatic rings. The first-order valence-electron chi connectivity index (χ1n) is 6.20. The number of alkyl halides is 3. The Bertz CT molecular complexity index is 443. The monoisotopic (exact) mass is 274 g/mol. The number of hydrogen-bond acceptors (Lipinski definition) is 4. The maximum atomic E-state index is 12.5. The molecule has 0 amide bonds. The lowest BCUT2D eigenvalue weighted by atomic mass is 10.3. The van der Waals surface area contributed by atoms with Crippen LogP contribution in [0.4, 0.5) is 19.0 Å². The molecule has 0 saturated heterocycles. The molecule has 19 heavy (non-hydrogen) atoms. The van der Waals surface area contributed by atoms with Gasteiger partial charge in [-0.05, 0) is 19.8 Å². The molecular weight excluding hydrogens is 257 g/mol. The van der Waals surface area contributed by atoms with E-state index in [-0.39, 0.29) is 12.6 Å². The van der Waals surface area contributed by atoms with Crippen molar-refractivity contribution in [2.45, 2.75) is 38.5 Å². The van der Waals surface area contributed by atoms with E-state index in [4.69, 9.17) is 0 Å². The molecule has 0 aliphatic heterocycles. The van der Waals surface area contributed by atoms with Gasteiger partial charge >= 0.3 is 6.18 Å². The van der Waals surface area contributed by atoms with Crippen molar-refractivity contribution in [3.8, 4) is 0 Å². The molecule has 1 fully saturated rings. The maximum absolute atomic E-state index is 12.5. The van der Waals surface area contributed by atoms with Crippen molar-refractivity contribution in [3.63, 3.8) is 0 Å². The van der Waals surface area contributed by atoms with Crippen molar-refractivity contribution in [1.29, 1.82) is 0 Å². The van der Waals surface area contributed by atoms with Crippen LogP contribution in [0.15, 0.2) is 6.07 Å². The van der Waals surface area contributed by atoms with Gasteiger partial charge in [-0.15, -0.1) is 0 Å². The molecule has 0 bridgehead atoms. The predicted molar refractivity (Wildman–Crippen MR) is 65.8 cm³/mol. The number of aryl methyl sites for hydroxylation is 1. The average Bonchev–Trinajstić information content (AvgIpc) is 3.09.